The third kappa shape index (κ3) is 5.38. The Labute approximate surface area is 93.0 Å². The minimum Gasteiger partial charge on any atom is -0.324 e. The summed E-state index contributed by atoms with van der Waals surface area (Å²) in [7, 11) is 0. The van der Waals surface area contributed by atoms with Crippen molar-refractivity contribution < 1.29 is 0 Å². The second kappa shape index (κ2) is 6.41. The molecular formula is C14H21N. The molecule has 0 aliphatic heterocycles. The zero-order valence-corrected chi connectivity index (χ0v) is 9.69. The first-order valence-corrected chi connectivity index (χ1v) is 5.64. The highest BCUT2D eigenvalue weighted by Crippen LogP contribution is 2.05. The van der Waals surface area contributed by atoms with Crippen LogP contribution < -0.4 is 5.73 Å². The summed E-state index contributed by atoms with van der Waals surface area (Å²) in [5.41, 5.74) is 7.29. The van der Waals surface area contributed by atoms with E-state index in [0.29, 0.717) is 5.92 Å². The molecule has 0 spiro atoms. The van der Waals surface area contributed by atoms with Gasteiger partial charge in [-0.25, -0.2) is 0 Å². The first-order chi connectivity index (χ1) is 7.18. The van der Waals surface area contributed by atoms with Gasteiger partial charge in [0.1, 0.15) is 0 Å². The molecule has 0 amide bonds. The molecule has 0 heterocycles. The normalized spacial score (nSPS) is 13.6. The summed E-state index contributed by atoms with van der Waals surface area (Å²) in [4.78, 5) is 0. The van der Waals surface area contributed by atoms with E-state index in [-0.39, 0.29) is 6.04 Å². The average Bonchev–Trinajstić information content (AvgIpc) is 2.18. The maximum absolute atomic E-state index is 5.95. The van der Waals surface area contributed by atoms with Gasteiger partial charge in [-0.2, -0.15) is 0 Å². The quantitative estimate of drug-likeness (QED) is 0.731. The van der Waals surface area contributed by atoms with Crippen LogP contribution >= 0.6 is 0 Å². The van der Waals surface area contributed by atoms with Gasteiger partial charge in [-0.05, 0) is 24.3 Å². The third-order valence-corrected chi connectivity index (χ3v) is 2.32. The monoisotopic (exact) mass is 203 g/mol. The lowest BCUT2D eigenvalue weighted by atomic mass is 10.0. The van der Waals surface area contributed by atoms with Crippen LogP contribution in [-0.4, -0.2) is 6.04 Å². The molecule has 1 nitrogen and oxygen atoms in total. The van der Waals surface area contributed by atoms with Crippen molar-refractivity contribution in [1.82, 2.24) is 0 Å². The molecule has 1 rings (SSSR count). The minimum atomic E-state index is 0.203. The molecule has 0 saturated carbocycles. The van der Waals surface area contributed by atoms with E-state index >= 15 is 0 Å². The summed E-state index contributed by atoms with van der Waals surface area (Å²) in [5.74, 6) is 0.668. The first kappa shape index (κ1) is 12.0. The van der Waals surface area contributed by atoms with Crippen LogP contribution in [0.5, 0.6) is 0 Å². The molecular weight excluding hydrogens is 182 g/mol. The Morgan fingerprint density at radius 1 is 1.20 bits per heavy atom. The van der Waals surface area contributed by atoms with Crippen molar-refractivity contribution in [3.8, 4) is 0 Å². The van der Waals surface area contributed by atoms with Crippen LogP contribution in [-0.2, 0) is 6.42 Å². The van der Waals surface area contributed by atoms with Crippen LogP contribution in [0.4, 0.5) is 0 Å². The molecule has 0 aliphatic carbocycles. The van der Waals surface area contributed by atoms with Gasteiger partial charge < -0.3 is 5.73 Å². The van der Waals surface area contributed by atoms with E-state index in [4.69, 9.17) is 5.73 Å². The molecule has 1 atom stereocenters. The number of hydrogen-bond donors (Lipinski definition) is 1. The van der Waals surface area contributed by atoms with Crippen LogP contribution in [0.2, 0.25) is 0 Å². The zero-order chi connectivity index (χ0) is 11.1. The van der Waals surface area contributed by atoms with E-state index in [1.54, 1.807) is 0 Å². The van der Waals surface area contributed by atoms with Gasteiger partial charge in [-0.15, -0.1) is 0 Å². The van der Waals surface area contributed by atoms with Gasteiger partial charge >= 0.3 is 0 Å². The summed E-state index contributed by atoms with van der Waals surface area (Å²) in [6.45, 7) is 4.40. The standard InChI is InChI=1S/C14H21N/c1-12(2)11-14(15)10-6-9-13-7-4-3-5-8-13/h3-8,10,12,14H,9,11,15H2,1-2H3/t14-/m1/s1. The second-order valence-corrected chi connectivity index (χ2v) is 4.41. The molecule has 0 aromatic heterocycles. The van der Waals surface area contributed by atoms with Crippen molar-refractivity contribution in [3.63, 3.8) is 0 Å². The van der Waals surface area contributed by atoms with E-state index in [1.165, 1.54) is 5.56 Å². The van der Waals surface area contributed by atoms with Crippen molar-refractivity contribution in [1.29, 1.82) is 0 Å². The first-order valence-electron chi connectivity index (χ1n) is 5.64. The average molecular weight is 203 g/mol. The van der Waals surface area contributed by atoms with Crippen molar-refractivity contribution in [2.45, 2.75) is 32.7 Å². The van der Waals surface area contributed by atoms with E-state index in [0.717, 1.165) is 12.8 Å². The molecule has 1 aromatic rings. The molecule has 0 unspecified atom stereocenters. The summed E-state index contributed by atoms with van der Waals surface area (Å²) in [6.07, 6.45) is 6.33. The number of benzene rings is 1. The van der Waals surface area contributed by atoms with Crippen LogP contribution in [0.25, 0.3) is 0 Å². The van der Waals surface area contributed by atoms with Crippen molar-refractivity contribution in [2.24, 2.45) is 11.7 Å². The molecule has 0 saturated heterocycles. The molecule has 0 fully saturated rings. The third-order valence-electron chi connectivity index (χ3n) is 2.32. The van der Waals surface area contributed by atoms with E-state index in [2.05, 4.69) is 50.3 Å². The van der Waals surface area contributed by atoms with Gasteiger partial charge in [0.2, 0.25) is 0 Å². The maximum Gasteiger partial charge on any atom is 0.0226 e. The molecule has 82 valence electrons. The molecule has 0 radical (unpaired) electrons. The Morgan fingerprint density at radius 2 is 1.87 bits per heavy atom. The molecule has 15 heavy (non-hydrogen) atoms. The number of rotatable bonds is 5. The lowest BCUT2D eigenvalue weighted by molar-refractivity contribution is 0.546. The number of allylic oxidation sites excluding steroid dienone is 1. The van der Waals surface area contributed by atoms with Gasteiger partial charge in [0.25, 0.3) is 0 Å². The maximum atomic E-state index is 5.95. The minimum absolute atomic E-state index is 0.203. The van der Waals surface area contributed by atoms with Crippen molar-refractivity contribution >= 4 is 0 Å². The molecule has 1 aromatic carbocycles. The number of nitrogens with two attached hydrogens (primary N) is 1. The summed E-state index contributed by atoms with van der Waals surface area (Å²) < 4.78 is 0. The lowest BCUT2D eigenvalue weighted by Gasteiger charge is -2.08. The van der Waals surface area contributed by atoms with E-state index in [9.17, 15) is 0 Å². The largest absolute Gasteiger partial charge is 0.324 e. The Morgan fingerprint density at radius 3 is 2.47 bits per heavy atom. The topological polar surface area (TPSA) is 26.0 Å². The highest BCUT2D eigenvalue weighted by molar-refractivity contribution is 5.17. The predicted octanol–water partition coefficient (Wildman–Crippen LogP) is 3.16. The fourth-order valence-electron chi connectivity index (χ4n) is 1.62. The van der Waals surface area contributed by atoms with E-state index < -0.39 is 0 Å². The Balaban J connectivity index is 2.33. The molecule has 2 N–H and O–H groups in total. The fourth-order valence-corrected chi connectivity index (χ4v) is 1.62. The molecule has 1 heteroatoms. The van der Waals surface area contributed by atoms with Crippen molar-refractivity contribution in [2.75, 3.05) is 0 Å². The van der Waals surface area contributed by atoms with Crippen LogP contribution in [0, 0.1) is 5.92 Å². The van der Waals surface area contributed by atoms with Gasteiger partial charge in [0.05, 0.1) is 0 Å². The highest BCUT2D eigenvalue weighted by atomic mass is 14.6. The van der Waals surface area contributed by atoms with Gasteiger partial charge in [0, 0.05) is 6.04 Å². The second-order valence-electron chi connectivity index (χ2n) is 4.41. The highest BCUT2D eigenvalue weighted by Gasteiger charge is 2.00. The SMILES string of the molecule is CC(C)C[C@H](N)C=CCc1ccccc1. The van der Waals surface area contributed by atoms with Crippen molar-refractivity contribution in [3.05, 3.63) is 48.0 Å². The predicted molar refractivity (Wildman–Crippen MR) is 66.7 cm³/mol. The summed E-state index contributed by atoms with van der Waals surface area (Å²) in [6, 6.07) is 10.6. The van der Waals surface area contributed by atoms with Crippen LogP contribution in [0.15, 0.2) is 42.5 Å². The van der Waals surface area contributed by atoms with Crippen LogP contribution in [0.3, 0.4) is 0 Å². The van der Waals surface area contributed by atoms with Gasteiger partial charge in [-0.3, -0.25) is 0 Å². The smallest absolute Gasteiger partial charge is 0.0226 e. The Hall–Kier alpha value is -1.08. The Bertz CT molecular complexity index is 287. The van der Waals surface area contributed by atoms with Gasteiger partial charge in [0.15, 0.2) is 0 Å². The zero-order valence-electron chi connectivity index (χ0n) is 9.69. The van der Waals surface area contributed by atoms with Gasteiger partial charge in [-0.1, -0.05) is 56.3 Å². The van der Waals surface area contributed by atoms with Crippen LogP contribution in [0.1, 0.15) is 25.8 Å². The Kier molecular flexibility index (Phi) is 5.13. The van der Waals surface area contributed by atoms with E-state index in [1.807, 2.05) is 6.07 Å². The summed E-state index contributed by atoms with van der Waals surface area (Å²) >= 11 is 0. The summed E-state index contributed by atoms with van der Waals surface area (Å²) in [5, 5.41) is 0. The number of hydrogen-bond acceptors (Lipinski definition) is 1. The molecule has 0 aliphatic rings. The lowest BCUT2D eigenvalue weighted by Crippen LogP contribution is -2.18. The fraction of sp³-hybridized carbons (Fsp3) is 0.429. The molecule has 0 bridgehead atoms.